The Morgan fingerprint density at radius 1 is 1.47 bits per heavy atom. The maximum absolute atomic E-state index is 5.30. The van der Waals surface area contributed by atoms with Crippen molar-refractivity contribution in [3.05, 3.63) is 29.8 Å². The first-order chi connectivity index (χ1) is 7.27. The average molecular weight is 219 g/mol. The summed E-state index contributed by atoms with van der Waals surface area (Å²) >= 11 is 1.86. The molecule has 1 rings (SSSR count). The van der Waals surface area contributed by atoms with Crippen molar-refractivity contribution in [3.63, 3.8) is 0 Å². The topological polar surface area (TPSA) is 12.0 Å². The van der Waals surface area contributed by atoms with Gasteiger partial charge in [0.15, 0.2) is 0 Å². The average Bonchev–Trinajstić information content (AvgIpc) is 2.26. The fourth-order valence-corrected chi connectivity index (χ4v) is 2.43. The third-order valence-corrected chi connectivity index (χ3v) is 3.64. The van der Waals surface area contributed by atoms with Crippen molar-refractivity contribution in [2.75, 3.05) is 12.8 Å². The van der Waals surface area contributed by atoms with E-state index in [9.17, 15) is 0 Å². The summed E-state index contributed by atoms with van der Waals surface area (Å²) in [6, 6.07) is 8.83. The van der Waals surface area contributed by atoms with E-state index in [1.54, 1.807) is 0 Å². The van der Waals surface area contributed by atoms with Gasteiger partial charge in [0.1, 0.15) is 0 Å². The minimum atomic E-state index is 0.402. The Hall–Kier alpha value is -0.910. The standard InChI is InChI=1S/C13H17NS/c1-4-7-12(14-3)10-15-13-9-6-5-8-11(13)2/h1,5-6,8-9,12,14H,7,10H2,2-3H3. The number of aryl methyl sites for hydroxylation is 1. The van der Waals surface area contributed by atoms with Gasteiger partial charge in [-0.3, -0.25) is 0 Å². The van der Waals surface area contributed by atoms with E-state index in [2.05, 4.69) is 42.4 Å². The number of rotatable bonds is 5. The Balaban J connectivity index is 2.49. The Labute approximate surface area is 96.7 Å². The largest absolute Gasteiger partial charge is 0.315 e. The molecular formula is C13H17NS. The van der Waals surface area contributed by atoms with Gasteiger partial charge in [-0.2, -0.15) is 0 Å². The van der Waals surface area contributed by atoms with Crippen LogP contribution in [0.1, 0.15) is 12.0 Å². The summed E-state index contributed by atoms with van der Waals surface area (Å²) in [6.07, 6.45) is 6.09. The number of terminal acetylenes is 1. The minimum Gasteiger partial charge on any atom is -0.315 e. The molecule has 2 heteroatoms. The first-order valence-electron chi connectivity index (χ1n) is 5.07. The van der Waals surface area contributed by atoms with Crippen LogP contribution < -0.4 is 5.32 Å². The maximum Gasteiger partial charge on any atom is 0.0268 e. The Kier molecular flexibility index (Phi) is 5.31. The molecule has 0 aliphatic carbocycles. The molecule has 0 saturated heterocycles. The highest BCUT2D eigenvalue weighted by atomic mass is 32.2. The summed E-state index contributed by atoms with van der Waals surface area (Å²) in [5.74, 6) is 3.71. The van der Waals surface area contributed by atoms with Crippen LogP contribution in [-0.4, -0.2) is 18.8 Å². The van der Waals surface area contributed by atoms with Crippen LogP contribution in [0.15, 0.2) is 29.2 Å². The minimum absolute atomic E-state index is 0.402. The van der Waals surface area contributed by atoms with Crippen molar-refractivity contribution < 1.29 is 0 Å². The van der Waals surface area contributed by atoms with Gasteiger partial charge in [-0.1, -0.05) is 18.2 Å². The van der Waals surface area contributed by atoms with Gasteiger partial charge >= 0.3 is 0 Å². The molecule has 1 nitrogen and oxygen atoms in total. The number of thioether (sulfide) groups is 1. The molecule has 1 N–H and O–H groups in total. The van der Waals surface area contributed by atoms with E-state index in [4.69, 9.17) is 6.42 Å². The quantitative estimate of drug-likeness (QED) is 0.603. The monoisotopic (exact) mass is 219 g/mol. The zero-order valence-electron chi connectivity index (χ0n) is 9.29. The summed E-state index contributed by atoms with van der Waals surface area (Å²) < 4.78 is 0. The Morgan fingerprint density at radius 2 is 2.20 bits per heavy atom. The van der Waals surface area contributed by atoms with Gasteiger partial charge in [0.2, 0.25) is 0 Å². The summed E-state index contributed by atoms with van der Waals surface area (Å²) in [5.41, 5.74) is 1.33. The number of hydrogen-bond donors (Lipinski definition) is 1. The smallest absolute Gasteiger partial charge is 0.0268 e. The molecule has 1 aromatic carbocycles. The number of benzene rings is 1. The molecule has 0 aliphatic rings. The molecular weight excluding hydrogens is 202 g/mol. The molecule has 0 aromatic heterocycles. The van der Waals surface area contributed by atoms with Crippen molar-refractivity contribution in [3.8, 4) is 12.3 Å². The van der Waals surface area contributed by atoms with Gasteiger partial charge in [-0.05, 0) is 25.6 Å². The second-order valence-corrected chi connectivity index (χ2v) is 4.53. The molecule has 0 saturated carbocycles. The Bertz CT molecular complexity index is 341. The predicted octanol–water partition coefficient (Wildman–Crippen LogP) is 2.70. The highest BCUT2D eigenvalue weighted by molar-refractivity contribution is 7.99. The molecule has 1 aromatic rings. The molecule has 80 valence electrons. The lowest BCUT2D eigenvalue weighted by Gasteiger charge is -2.13. The lowest BCUT2D eigenvalue weighted by atomic mass is 10.2. The summed E-state index contributed by atoms with van der Waals surface area (Å²) in [7, 11) is 1.96. The second-order valence-electron chi connectivity index (χ2n) is 3.47. The van der Waals surface area contributed by atoms with Gasteiger partial charge in [0.25, 0.3) is 0 Å². The van der Waals surface area contributed by atoms with Gasteiger partial charge in [0.05, 0.1) is 0 Å². The zero-order valence-corrected chi connectivity index (χ0v) is 10.1. The van der Waals surface area contributed by atoms with Gasteiger partial charge in [-0.25, -0.2) is 0 Å². The number of hydrogen-bond acceptors (Lipinski definition) is 2. The molecule has 0 fully saturated rings. The predicted molar refractivity (Wildman–Crippen MR) is 68.2 cm³/mol. The van der Waals surface area contributed by atoms with Crippen LogP contribution in [0.5, 0.6) is 0 Å². The molecule has 1 atom stereocenters. The third-order valence-electron chi connectivity index (χ3n) is 2.31. The van der Waals surface area contributed by atoms with Crippen molar-refractivity contribution in [2.45, 2.75) is 24.3 Å². The van der Waals surface area contributed by atoms with E-state index >= 15 is 0 Å². The molecule has 0 spiro atoms. The van der Waals surface area contributed by atoms with Crippen LogP contribution >= 0.6 is 11.8 Å². The first-order valence-corrected chi connectivity index (χ1v) is 6.05. The summed E-state index contributed by atoms with van der Waals surface area (Å²) in [5, 5.41) is 3.23. The molecule has 1 unspecified atom stereocenters. The van der Waals surface area contributed by atoms with Crippen molar-refractivity contribution in [1.82, 2.24) is 5.32 Å². The van der Waals surface area contributed by atoms with E-state index < -0.39 is 0 Å². The van der Waals surface area contributed by atoms with Crippen LogP contribution in [0.4, 0.5) is 0 Å². The van der Waals surface area contributed by atoms with Crippen molar-refractivity contribution in [1.29, 1.82) is 0 Å². The molecule has 15 heavy (non-hydrogen) atoms. The molecule has 0 heterocycles. The van der Waals surface area contributed by atoms with Crippen molar-refractivity contribution in [2.24, 2.45) is 0 Å². The van der Waals surface area contributed by atoms with Crippen LogP contribution in [0.25, 0.3) is 0 Å². The van der Waals surface area contributed by atoms with Crippen LogP contribution in [0, 0.1) is 19.3 Å². The van der Waals surface area contributed by atoms with E-state index in [1.165, 1.54) is 10.5 Å². The Morgan fingerprint density at radius 3 is 2.80 bits per heavy atom. The van der Waals surface area contributed by atoms with E-state index in [0.717, 1.165) is 12.2 Å². The number of nitrogens with one attached hydrogen (secondary N) is 1. The normalized spacial score (nSPS) is 12.1. The lowest BCUT2D eigenvalue weighted by molar-refractivity contribution is 0.637. The SMILES string of the molecule is C#CCC(CSc1ccccc1C)NC. The van der Waals surface area contributed by atoms with Gasteiger partial charge in [0, 0.05) is 23.1 Å². The molecule has 0 aliphatic heterocycles. The second kappa shape index (κ2) is 6.55. The highest BCUT2D eigenvalue weighted by Gasteiger charge is 2.05. The van der Waals surface area contributed by atoms with Crippen LogP contribution in [-0.2, 0) is 0 Å². The fraction of sp³-hybridized carbons (Fsp3) is 0.385. The first kappa shape index (κ1) is 12.2. The zero-order chi connectivity index (χ0) is 11.1. The van der Waals surface area contributed by atoms with Crippen molar-refractivity contribution >= 4 is 11.8 Å². The summed E-state index contributed by atoms with van der Waals surface area (Å²) in [4.78, 5) is 1.34. The molecule has 0 amide bonds. The third kappa shape index (κ3) is 3.99. The fourth-order valence-electron chi connectivity index (χ4n) is 1.30. The maximum atomic E-state index is 5.30. The van der Waals surface area contributed by atoms with E-state index in [0.29, 0.717) is 6.04 Å². The van der Waals surface area contributed by atoms with Gasteiger partial charge in [-0.15, -0.1) is 24.1 Å². The van der Waals surface area contributed by atoms with Crippen LogP contribution in [0.3, 0.4) is 0 Å². The van der Waals surface area contributed by atoms with Gasteiger partial charge < -0.3 is 5.32 Å². The highest BCUT2D eigenvalue weighted by Crippen LogP contribution is 2.22. The van der Waals surface area contributed by atoms with E-state index in [1.807, 2.05) is 18.8 Å². The van der Waals surface area contributed by atoms with E-state index in [-0.39, 0.29) is 0 Å². The summed E-state index contributed by atoms with van der Waals surface area (Å²) in [6.45, 7) is 2.14. The molecule has 0 radical (unpaired) electrons. The molecule has 0 bridgehead atoms. The lowest BCUT2D eigenvalue weighted by Crippen LogP contribution is -2.27. The van der Waals surface area contributed by atoms with Crippen LogP contribution in [0.2, 0.25) is 0 Å².